The fourth-order valence-corrected chi connectivity index (χ4v) is 8.73. The van der Waals surface area contributed by atoms with Crippen molar-refractivity contribution in [2.75, 3.05) is 11.0 Å². The Morgan fingerprint density at radius 2 is 2.04 bits per heavy atom. The van der Waals surface area contributed by atoms with Crippen LogP contribution < -0.4 is 0 Å². The van der Waals surface area contributed by atoms with Crippen molar-refractivity contribution >= 4 is 28.4 Å². The van der Waals surface area contributed by atoms with Crippen molar-refractivity contribution in [3.63, 3.8) is 0 Å². The van der Waals surface area contributed by atoms with Gasteiger partial charge in [-0.15, -0.1) is 0 Å². The molecule has 5 rings (SSSR count). The predicted octanol–water partition coefficient (Wildman–Crippen LogP) is 5.58. The molecule has 144 valence electrons. The number of fused-ring (bicyclic) bond motifs is 7. The van der Waals surface area contributed by atoms with Crippen molar-refractivity contribution in [3.05, 3.63) is 11.6 Å². The number of halogens is 1. The van der Waals surface area contributed by atoms with Crippen molar-refractivity contribution in [1.82, 2.24) is 0 Å². The molecule has 4 fully saturated rings. The van der Waals surface area contributed by atoms with E-state index in [1.54, 1.807) is 0 Å². The van der Waals surface area contributed by atoms with Gasteiger partial charge in [-0.3, -0.25) is 4.79 Å². The Labute approximate surface area is 172 Å². The lowest BCUT2D eigenvalue weighted by atomic mass is 9.48. The molecule has 6 unspecified atom stereocenters. The molecule has 0 N–H and O–H groups in total. The van der Waals surface area contributed by atoms with Crippen molar-refractivity contribution in [1.29, 1.82) is 0 Å². The van der Waals surface area contributed by atoms with E-state index in [-0.39, 0.29) is 5.60 Å². The van der Waals surface area contributed by atoms with Crippen molar-refractivity contribution in [2.24, 2.45) is 40.9 Å². The second-order valence-electron chi connectivity index (χ2n) is 9.92. The van der Waals surface area contributed by atoms with Crippen molar-refractivity contribution < 1.29 is 9.53 Å². The maximum absolute atomic E-state index is 11.9. The molecule has 4 saturated carbocycles. The van der Waals surface area contributed by atoms with Crippen LogP contribution >= 0.6 is 22.6 Å². The molecule has 0 aliphatic heterocycles. The number of hydrogen-bond donors (Lipinski definition) is 0. The summed E-state index contributed by atoms with van der Waals surface area (Å²) in [5.41, 5.74) is 2.05. The van der Waals surface area contributed by atoms with E-state index >= 15 is 0 Å². The van der Waals surface area contributed by atoms with Crippen LogP contribution in [-0.4, -0.2) is 22.4 Å². The molecule has 26 heavy (non-hydrogen) atoms. The van der Waals surface area contributed by atoms with Crippen LogP contribution in [0.15, 0.2) is 11.6 Å². The molecular weight excluding hydrogens is 435 g/mol. The normalized spacial score (nSPS) is 51.8. The lowest BCUT2D eigenvalue weighted by Crippen LogP contribution is -2.56. The van der Waals surface area contributed by atoms with Gasteiger partial charge in [-0.25, -0.2) is 0 Å². The highest BCUT2D eigenvalue weighted by atomic mass is 127. The Balaban J connectivity index is 1.48. The van der Waals surface area contributed by atoms with E-state index in [1.165, 1.54) is 44.1 Å². The Kier molecular flexibility index (Phi) is 4.40. The summed E-state index contributed by atoms with van der Waals surface area (Å²) in [6.07, 6.45) is 11.9. The van der Waals surface area contributed by atoms with Gasteiger partial charge in [0, 0.05) is 16.3 Å². The molecule has 0 amide bonds. The van der Waals surface area contributed by atoms with Gasteiger partial charge in [0.05, 0.1) is 12.2 Å². The smallest absolute Gasteiger partial charge is 0.155 e. The number of rotatable bonds is 4. The second-order valence-corrected chi connectivity index (χ2v) is 11.0. The molecule has 0 radical (unpaired) electrons. The van der Waals surface area contributed by atoms with E-state index in [1.807, 2.05) is 6.08 Å². The summed E-state index contributed by atoms with van der Waals surface area (Å²) in [5, 5.41) is 0. The van der Waals surface area contributed by atoms with E-state index in [9.17, 15) is 4.79 Å². The number of carbonyl (C=O) groups excluding carboxylic acids is 1. The summed E-state index contributed by atoms with van der Waals surface area (Å²) in [4.78, 5) is 11.9. The number of carbonyl (C=O) groups is 1. The van der Waals surface area contributed by atoms with Crippen LogP contribution in [0.4, 0.5) is 0 Å². The van der Waals surface area contributed by atoms with Gasteiger partial charge in [-0.05, 0) is 93.5 Å². The fraction of sp³-hybridized carbons (Fsp3) is 0.870. The molecule has 2 nitrogen and oxygen atoms in total. The molecule has 0 aromatic rings. The first kappa shape index (κ1) is 18.1. The van der Waals surface area contributed by atoms with Crippen LogP contribution in [0.25, 0.3) is 0 Å². The molecule has 5 aliphatic rings. The summed E-state index contributed by atoms with van der Waals surface area (Å²) in [6.45, 7) is 5.85. The van der Waals surface area contributed by atoms with Gasteiger partial charge >= 0.3 is 0 Å². The predicted molar refractivity (Wildman–Crippen MR) is 112 cm³/mol. The summed E-state index contributed by atoms with van der Waals surface area (Å²) >= 11 is 2.46. The van der Waals surface area contributed by atoms with E-state index in [2.05, 4.69) is 36.4 Å². The average molecular weight is 468 g/mol. The highest BCUT2D eigenvalue weighted by molar-refractivity contribution is 14.1. The molecule has 0 spiro atoms. The number of ketones is 1. The zero-order valence-electron chi connectivity index (χ0n) is 16.3. The first-order valence-corrected chi connectivity index (χ1v) is 12.5. The number of ether oxygens (including phenoxy) is 1. The minimum atomic E-state index is 0.117. The first-order chi connectivity index (χ1) is 12.6. The van der Waals surface area contributed by atoms with E-state index < -0.39 is 0 Å². The maximum Gasteiger partial charge on any atom is 0.155 e. The molecule has 5 aliphatic carbocycles. The van der Waals surface area contributed by atoms with E-state index in [0.29, 0.717) is 11.2 Å². The maximum atomic E-state index is 11.9. The van der Waals surface area contributed by atoms with Crippen LogP contribution in [0, 0.1) is 40.9 Å². The van der Waals surface area contributed by atoms with Gasteiger partial charge in [0.1, 0.15) is 0 Å². The van der Waals surface area contributed by atoms with Gasteiger partial charge in [0.15, 0.2) is 5.78 Å². The average Bonchev–Trinajstić information content (AvgIpc) is 3.41. The number of allylic oxidation sites excluding steroid dienone is 1. The zero-order chi connectivity index (χ0) is 18.1. The topological polar surface area (TPSA) is 26.3 Å². The SMILES string of the molecule is CCC12CCC3C4CCC(=O)C=C4CCC3C1[C@@H]1C[C@@H]1C2(C)OCCI. The van der Waals surface area contributed by atoms with Crippen LogP contribution in [0.5, 0.6) is 0 Å². The summed E-state index contributed by atoms with van der Waals surface area (Å²) in [5.74, 6) is 5.48. The Bertz CT molecular complexity index is 642. The summed E-state index contributed by atoms with van der Waals surface area (Å²) < 4.78 is 7.80. The van der Waals surface area contributed by atoms with E-state index in [0.717, 1.165) is 59.4 Å². The molecule has 8 atom stereocenters. The van der Waals surface area contributed by atoms with Crippen LogP contribution in [0.2, 0.25) is 0 Å². The highest BCUT2D eigenvalue weighted by Gasteiger charge is 2.75. The largest absolute Gasteiger partial charge is 0.374 e. The zero-order valence-corrected chi connectivity index (χ0v) is 18.5. The quantitative estimate of drug-likeness (QED) is 0.398. The minimum absolute atomic E-state index is 0.117. The van der Waals surface area contributed by atoms with Gasteiger partial charge < -0.3 is 4.74 Å². The molecular formula is C23H33IO2. The molecule has 0 heterocycles. The standard InChI is InChI=1S/C23H33IO2/c1-3-23-9-8-17-16-7-5-15(25)12-14(16)4-6-18(17)21(23)19-13-20(19)22(23,2)26-11-10-24/h12,16-21H,3-11,13H2,1-2H3/t16?,17?,18?,19-,20+,21?,22?,23?/m1/s1. The monoisotopic (exact) mass is 468 g/mol. The third-order valence-electron chi connectivity index (χ3n) is 9.49. The summed E-state index contributed by atoms with van der Waals surface area (Å²) in [7, 11) is 0. The molecule has 0 saturated heterocycles. The Morgan fingerprint density at radius 3 is 2.81 bits per heavy atom. The van der Waals surface area contributed by atoms with Gasteiger partial charge in [-0.1, -0.05) is 35.1 Å². The Hall–Kier alpha value is 0.1000. The van der Waals surface area contributed by atoms with Gasteiger partial charge in [0.2, 0.25) is 0 Å². The lowest BCUT2D eigenvalue weighted by Gasteiger charge is -2.59. The van der Waals surface area contributed by atoms with E-state index in [4.69, 9.17) is 4.74 Å². The lowest BCUT2D eigenvalue weighted by molar-refractivity contribution is -0.169. The van der Waals surface area contributed by atoms with Gasteiger partial charge in [0.25, 0.3) is 0 Å². The highest BCUT2D eigenvalue weighted by Crippen LogP contribution is 2.77. The van der Waals surface area contributed by atoms with Crippen molar-refractivity contribution in [2.45, 2.75) is 70.8 Å². The van der Waals surface area contributed by atoms with Gasteiger partial charge in [-0.2, -0.15) is 0 Å². The van der Waals surface area contributed by atoms with Crippen LogP contribution in [-0.2, 0) is 9.53 Å². The second kappa shape index (κ2) is 6.30. The number of hydrogen-bond acceptors (Lipinski definition) is 2. The fourth-order valence-electron chi connectivity index (χ4n) is 8.51. The third-order valence-corrected chi connectivity index (χ3v) is 9.93. The molecule has 0 bridgehead atoms. The van der Waals surface area contributed by atoms with Crippen LogP contribution in [0.1, 0.15) is 65.2 Å². The number of alkyl halides is 1. The molecule has 0 aromatic heterocycles. The molecule has 3 heteroatoms. The summed E-state index contributed by atoms with van der Waals surface area (Å²) in [6, 6.07) is 0. The van der Waals surface area contributed by atoms with Crippen LogP contribution in [0.3, 0.4) is 0 Å². The Morgan fingerprint density at radius 1 is 1.19 bits per heavy atom. The third kappa shape index (κ3) is 2.28. The molecule has 0 aromatic carbocycles. The van der Waals surface area contributed by atoms with Crippen molar-refractivity contribution in [3.8, 4) is 0 Å². The minimum Gasteiger partial charge on any atom is -0.374 e. The first-order valence-electron chi connectivity index (χ1n) is 11.0.